The van der Waals surface area contributed by atoms with Gasteiger partial charge in [0.1, 0.15) is 9.90 Å². The minimum atomic E-state index is -3.24. The van der Waals surface area contributed by atoms with Gasteiger partial charge in [-0.05, 0) is 30.9 Å². The normalized spacial score (nSPS) is 26.7. The second-order valence-electron chi connectivity index (χ2n) is 6.32. The molecule has 0 aromatic carbocycles. The van der Waals surface area contributed by atoms with Crippen molar-refractivity contribution >= 4 is 37.2 Å². The lowest BCUT2D eigenvalue weighted by molar-refractivity contribution is 0.0878. The zero-order chi connectivity index (χ0) is 16.2. The fraction of sp³-hybridized carbons (Fsp3) is 0.467. The van der Waals surface area contributed by atoms with Crippen molar-refractivity contribution in [1.82, 2.24) is 15.2 Å². The number of carbonyl (C=O) groups excluding carboxylic acids is 1. The summed E-state index contributed by atoms with van der Waals surface area (Å²) in [7, 11) is -3.24. The van der Waals surface area contributed by atoms with Gasteiger partial charge in [-0.2, -0.15) is 0 Å². The van der Waals surface area contributed by atoms with Gasteiger partial charge >= 0.3 is 0 Å². The van der Waals surface area contributed by atoms with Gasteiger partial charge in [0, 0.05) is 35.6 Å². The first-order valence-corrected chi connectivity index (χ1v) is 10.3. The van der Waals surface area contributed by atoms with Crippen molar-refractivity contribution in [3.8, 4) is 0 Å². The molecule has 2 bridgehead atoms. The summed E-state index contributed by atoms with van der Waals surface area (Å²) >= 11 is 1.17. The summed E-state index contributed by atoms with van der Waals surface area (Å²) in [6, 6.07) is 3.28. The van der Waals surface area contributed by atoms with E-state index in [4.69, 9.17) is 0 Å². The molecule has 2 aliphatic heterocycles. The molecule has 3 atom stereocenters. The van der Waals surface area contributed by atoms with E-state index in [0.717, 1.165) is 29.6 Å². The van der Waals surface area contributed by atoms with Crippen molar-refractivity contribution in [2.75, 3.05) is 19.3 Å². The zero-order valence-corrected chi connectivity index (χ0v) is 14.3. The molecule has 4 rings (SSSR count). The van der Waals surface area contributed by atoms with Crippen molar-refractivity contribution in [2.45, 2.75) is 23.2 Å². The van der Waals surface area contributed by atoms with Gasteiger partial charge in [-0.3, -0.25) is 14.7 Å². The second kappa shape index (κ2) is 5.25. The summed E-state index contributed by atoms with van der Waals surface area (Å²) in [6.45, 7) is 2.12. The van der Waals surface area contributed by atoms with E-state index in [1.54, 1.807) is 18.3 Å². The summed E-state index contributed by atoms with van der Waals surface area (Å²) in [5.41, 5.74) is 0.336. The Kier molecular flexibility index (Phi) is 3.44. The Morgan fingerprint density at radius 3 is 2.91 bits per heavy atom. The van der Waals surface area contributed by atoms with Crippen molar-refractivity contribution in [1.29, 1.82) is 0 Å². The minimum absolute atomic E-state index is 0.105. The highest BCUT2D eigenvalue weighted by atomic mass is 32.2. The molecule has 2 saturated heterocycles. The molecule has 3 unspecified atom stereocenters. The van der Waals surface area contributed by atoms with E-state index in [0.29, 0.717) is 15.8 Å². The number of fused-ring (bicyclic) bond motifs is 3. The molecule has 1 N–H and O–H groups in total. The van der Waals surface area contributed by atoms with Gasteiger partial charge in [-0.1, -0.05) is 0 Å². The van der Waals surface area contributed by atoms with E-state index in [1.165, 1.54) is 24.0 Å². The minimum Gasteiger partial charge on any atom is -0.335 e. The highest BCUT2D eigenvalue weighted by molar-refractivity contribution is 7.92. The molecule has 4 heterocycles. The molecule has 2 aliphatic rings. The Labute approximate surface area is 138 Å². The lowest BCUT2D eigenvalue weighted by Crippen LogP contribution is -2.45. The number of pyridine rings is 1. The Balaban J connectivity index is 1.57. The monoisotopic (exact) mass is 351 g/mol. The number of hydrogen-bond donors (Lipinski definition) is 1. The van der Waals surface area contributed by atoms with E-state index < -0.39 is 9.84 Å². The van der Waals surface area contributed by atoms with E-state index in [9.17, 15) is 13.2 Å². The molecule has 8 heteroatoms. The van der Waals surface area contributed by atoms with Crippen LogP contribution in [0.2, 0.25) is 0 Å². The molecule has 2 aromatic heterocycles. The number of sulfone groups is 1. The highest BCUT2D eigenvalue weighted by Gasteiger charge is 2.38. The van der Waals surface area contributed by atoms with Crippen molar-refractivity contribution in [2.24, 2.45) is 5.92 Å². The molecule has 6 nitrogen and oxygen atoms in total. The topological polar surface area (TPSA) is 79.4 Å². The van der Waals surface area contributed by atoms with Gasteiger partial charge < -0.3 is 5.32 Å². The summed E-state index contributed by atoms with van der Waals surface area (Å²) in [5.74, 6) is 0.504. The highest BCUT2D eigenvalue weighted by Crippen LogP contribution is 2.32. The standard InChI is InChI=1S/C15H17N3O3S2/c1-23(20,21)14-5-10-7-16-11(6-12(10)22-14)15(19)17-13-4-9-2-3-18(13)8-9/h5-7,9,13H,2-4,8H2,1H3,(H,17,19). The predicted octanol–water partition coefficient (Wildman–Crippen LogP) is 1.48. The molecule has 2 aromatic rings. The quantitative estimate of drug-likeness (QED) is 0.906. The summed E-state index contributed by atoms with van der Waals surface area (Å²) in [4.78, 5) is 18.9. The van der Waals surface area contributed by atoms with Crippen LogP contribution in [0.25, 0.3) is 10.1 Å². The van der Waals surface area contributed by atoms with Crippen LogP contribution in [0.15, 0.2) is 22.5 Å². The van der Waals surface area contributed by atoms with Crippen LogP contribution in [-0.2, 0) is 9.84 Å². The van der Waals surface area contributed by atoms with Gasteiger partial charge in [-0.25, -0.2) is 8.42 Å². The average molecular weight is 351 g/mol. The molecule has 23 heavy (non-hydrogen) atoms. The lowest BCUT2D eigenvalue weighted by atomic mass is 10.0. The maximum Gasteiger partial charge on any atom is 0.271 e. The fourth-order valence-corrected chi connectivity index (χ4v) is 5.41. The molecule has 2 fully saturated rings. The summed E-state index contributed by atoms with van der Waals surface area (Å²) < 4.78 is 24.3. The van der Waals surface area contributed by atoms with Gasteiger partial charge in [0.2, 0.25) is 0 Å². The molecular formula is C15H17N3O3S2. The molecular weight excluding hydrogens is 334 g/mol. The first kappa shape index (κ1) is 15.0. The van der Waals surface area contributed by atoms with Crippen LogP contribution < -0.4 is 5.32 Å². The van der Waals surface area contributed by atoms with Crippen LogP contribution in [0.1, 0.15) is 23.3 Å². The number of amides is 1. The largest absolute Gasteiger partial charge is 0.335 e. The third-order valence-corrected chi connectivity index (χ3v) is 7.49. The zero-order valence-electron chi connectivity index (χ0n) is 12.7. The molecule has 1 amide bonds. The average Bonchev–Trinajstić information content (AvgIpc) is 3.20. The SMILES string of the molecule is CS(=O)(=O)c1cc2cnc(C(=O)NC3CC4CCN3C4)cc2s1. The first-order chi connectivity index (χ1) is 10.9. The molecule has 0 spiro atoms. The Morgan fingerprint density at radius 2 is 2.26 bits per heavy atom. The second-order valence-corrected chi connectivity index (χ2v) is 9.65. The van der Waals surface area contributed by atoms with Gasteiger partial charge in [0.05, 0.1) is 6.17 Å². The smallest absolute Gasteiger partial charge is 0.271 e. The Morgan fingerprint density at radius 1 is 1.43 bits per heavy atom. The van der Waals surface area contributed by atoms with Crippen molar-refractivity contribution in [3.05, 3.63) is 24.0 Å². The van der Waals surface area contributed by atoms with Crippen molar-refractivity contribution < 1.29 is 13.2 Å². The van der Waals surface area contributed by atoms with E-state index in [2.05, 4.69) is 15.2 Å². The van der Waals surface area contributed by atoms with E-state index in [-0.39, 0.29) is 12.1 Å². The number of hydrogen-bond acceptors (Lipinski definition) is 6. The Bertz CT molecular complexity index is 891. The van der Waals surface area contributed by atoms with Crippen LogP contribution in [0, 0.1) is 5.92 Å². The molecule has 122 valence electrons. The third-order valence-electron chi connectivity index (χ3n) is 4.59. The lowest BCUT2D eigenvalue weighted by Gasteiger charge is -2.25. The van der Waals surface area contributed by atoms with E-state index >= 15 is 0 Å². The number of thiophene rings is 1. The maximum absolute atomic E-state index is 12.4. The van der Waals surface area contributed by atoms with Gasteiger partial charge in [0.25, 0.3) is 5.91 Å². The number of aromatic nitrogens is 1. The summed E-state index contributed by atoms with van der Waals surface area (Å²) in [5, 5.41) is 3.79. The van der Waals surface area contributed by atoms with E-state index in [1.807, 2.05) is 0 Å². The number of piperidine rings is 1. The third kappa shape index (κ3) is 2.75. The molecule has 0 saturated carbocycles. The number of nitrogens with one attached hydrogen (secondary N) is 1. The first-order valence-electron chi connectivity index (χ1n) is 7.55. The maximum atomic E-state index is 12.4. The van der Waals surface area contributed by atoms with Crippen LogP contribution in [0.4, 0.5) is 0 Å². The van der Waals surface area contributed by atoms with Gasteiger partial charge in [-0.15, -0.1) is 11.3 Å². The number of nitrogens with zero attached hydrogens (tertiary/aromatic N) is 2. The van der Waals surface area contributed by atoms with Crippen molar-refractivity contribution in [3.63, 3.8) is 0 Å². The fourth-order valence-electron chi connectivity index (χ4n) is 3.39. The van der Waals surface area contributed by atoms with Gasteiger partial charge in [0.15, 0.2) is 9.84 Å². The predicted molar refractivity (Wildman–Crippen MR) is 88.3 cm³/mol. The van der Waals surface area contributed by atoms with Crippen LogP contribution in [0.5, 0.6) is 0 Å². The molecule has 0 radical (unpaired) electrons. The molecule has 0 aliphatic carbocycles. The van der Waals surface area contributed by atoms with Crippen LogP contribution in [0.3, 0.4) is 0 Å². The number of carbonyl (C=O) groups is 1. The number of rotatable bonds is 3. The summed E-state index contributed by atoms with van der Waals surface area (Å²) in [6.07, 6.45) is 5.08. The van der Waals surface area contributed by atoms with Crippen LogP contribution in [-0.4, -0.2) is 49.7 Å². The Hall–Kier alpha value is -1.51. The van der Waals surface area contributed by atoms with Crippen LogP contribution >= 0.6 is 11.3 Å².